The van der Waals surface area contributed by atoms with Crippen molar-refractivity contribution in [1.29, 1.82) is 5.39 Å². The predicted molar refractivity (Wildman–Crippen MR) is 89.6 cm³/mol. The maximum absolute atomic E-state index is 11.2. The number of rotatable bonds is 3. The molecule has 2 aromatic heterocycles. The van der Waals surface area contributed by atoms with Gasteiger partial charge in [0.25, 0.3) is 5.91 Å². The van der Waals surface area contributed by atoms with Gasteiger partial charge in [-0.3, -0.25) is 9.78 Å². The number of benzene rings is 1. The molecule has 3 aromatic rings. The molecule has 1 amide bonds. The molecule has 134 valence electrons. The second kappa shape index (κ2) is 7.79. The molecular weight excluding hydrogens is 375 g/mol. The third-order valence-corrected chi connectivity index (χ3v) is 3.92. The molecule has 3 rings (SSSR count). The maximum atomic E-state index is 11.2. The highest BCUT2D eigenvalue weighted by Crippen LogP contribution is 2.34. The normalized spacial score (nSPS) is 10.6. The molecule has 0 unspecified atom stereocenters. The fourth-order valence-corrected chi connectivity index (χ4v) is 2.74. The van der Waals surface area contributed by atoms with E-state index in [-0.39, 0.29) is 0 Å². The molecule has 1 aromatic carbocycles. The molecule has 0 bridgehead atoms. The van der Waals surface area contributed by atoms with Gasteiger partial charge in [-0.05, 0) is 18.2 Å². The van der Waals surface area contributed by atoms with Gasteiger partial charge in [-0.25, -0.2) is 0 Å². The number of pyridine rings is 1. The highest BCUT2D eigenvalue weighted by Gasteiger charge is 2.20. The first kappa shape index (κ1) is 19.1. The molecule has 0 fully saturated rings. The minimum Gasteiger partial charge on any atom is -0.455 e. The summed E-state index contributed by atoms with van der Waals surface area (Å²) in [6, 6.07) is 8.28. The number of carbonyl (C=O) groups is 1. The third kappa shape index (κ3) is 5.42. The SMILES string of the molecule is F[B-](F)(F)F.N#[N+]c1ccc(Oc2cncc3sc(C(N)=O)cc23)cc1. The summed E-state index contributed by atoms with van der Waals surface area (Å²) in [5.74, 6) is 0.629. The Kier molecular flexibility index (Phi) is 5.73. The number of diazo groups is 1. The fourth-order valence-electron chi connectivity index (χ4n) is 1.85. The van der Waals surface area contributed by atoms with Gasteiger partial charge in [0.15, 0.2) is 10.7 Å². The number of hydrogen-bond donors (Lipinski definition) is 1. The van der Waals surface area contributed by atoms with Crippen LogP contribution in [0.4, 0.5) is 23.0 Å². The van der Waals surface area contributed by atoms with E-state index in [1.807, 2.05) is 0 Å². The van der Waals surface area contributed by atoms with Crippen LogP contribution in [-0.2, 0) is 0 Å². The number of halogens is 4. The van der Waals surface area contributed by atoms with Crippen molar-refractivity contribution < 1.29 is 26.8 Å². The molecule has 0 saturated carbocycles. The Labute approximate surface area is 147 Å². The van der Waals surface area contributed by atoms with Gasteiger partial charge < -0.3 is 27.7 Å². The Morgan fingerprint density at radius 1 is 1.19 bits per heavy atom. The fraction of sp³-hybridized carbons (Fsp3) is 0. The first-order valence-corrected chi connectivity index (χ1v) is 7.66. The topological polar surface area (TPSA) is 93.4 Å². The Bertz CT molecular complexity index is 964. The molecule has 0 spiro atoms. The number of fused-ring (bicyclic) bond motifs is 1. The molecule has 2 N–H and O–H groups in total. The zero-order chi connectivity index (χ0) is 19.3. The van der Waals surface area contributed by atoms with Crippen molar-refractivity contribution in [2.45, 2.75) is 0 Å². The average molecular weight is 384 g/mol. The molecule has 12 heteroatoms. The molecule has 6 nitrogen and oxygen atoms in total. The summed E-state index contributed by atoms with van der Waals surface area (Å²) in [5, 5.41) is 9.42. The largest absolute Gasteiger partial charge is 0.673 e. The maximum Gasteiger partial charge on any atom is 0.673 e. The first-order valence-electron chi connectivity index (χ1n) is 6.85. The number of thiophene rings is 1. The summed E-state index contributed by atoms with van der Waals surface area (Å²) in [6.07, 6.45) is 3.23. The second-order valence-corrected chi connectivity index (χ2v) is 5.80. The summed E-state index contributed by atoms with van der Waals surface area (Å²) >= 11 is 1.27. The molecule has 0 aliphatic carbocycles. The minimum absolute atomic E-state index is 0.435. The smallest absolute Gasteiger partial charge is 0.455 e. The third-order valence-electron chi connectivity index (χ3n) is 2.83. The molecule has 26 heavy (non-hydrogen) atoms. The van der Waals surface area contributed by atoms with E-state index < -0.39 is 13.2 Å². The van der Waals surface area contributed by atoms with Crippen LogP contribution in [0.1, 0.15) is 9.67 Å². The van der Waals surface area contributed by atoms with Gasteiger partial charge >= 0.3 is 12.9 Å². The Morgan fingerprint density at radius 3 is 2.35 bits per heavy atom. The second-order valence-electron chi connectivity index (χ2n) is 4.72. The summed E-state index contributed by atoms with van der Waals surface area (Å²) < 4.78 is 45.6. The van der Waals surface area contributed by atoms with E-state index in [0.717, 1.165) is 10.1 Å². The van der Waals surface area contributed by atoms with E-state index in [2.05, 4.69) is 9.96 Å². The van der Waals surface area contributed by atoms with Gasteiger partial charge in [-0.2, -0.15) is 0 Å². The van der Waals surface area contributed by atoms with Crippen LogP contribution in [0, 0.1) is 5.39 Å². The number of primary amides is 1. The van der Waals surface area contributed by atoms with E-state index in [1.54, 1.807) is 42.7 Å². The number of aromatic nitrogens is 1. The van der Waals surface area contributed by atoms with Crippen LogP contribution >= 0.6 is 11.3 Å². The molecule has 0 radical (unpaired) electrons. The Balaban J connectivity index is 0.000000431. The van der Waals surface area contributed by atoms with Crippen molar-refractivity contribution in [2.24, 2.45) is 5.73 Å². The first-order chi connectivity index (χ1) is 12.2. The van der Waals surface area contributed by atoms with Crippen molar-refractivity contribution in [3.05, 3.63) is 52.6 Å². The van der Waals surface area contributed by atoms with Crippen LogP contribution in [0.3, 0.4) is 0 Å². The monoisotopic (exact) mass is 384 g/mol. The van der Waals surface area contributed by atoms with Crippen molar-refractivity contribution in [2.75, 3.05) is 0 Å². The summed E-state index contributed by atoms with van der Waals surface area (Å²) in [6.45, 7) is 0. The highest BCUT2D eigenvalue weighted by atomic mass is 32.1. The van der Waals surface area contributed by atoms with E-state index in [9.17, 15) is 22.1 Å². The molecule has 0 aliphatic heterocycles. The van der Waals surface area contributed by atoms with Gasteiger partial charge in [0.2, 0.25) is 5.39 Å². The lowest BCUT2D eigenvalue weighted by atomic mass is 10.2. The van der Waals surface area contributed by atoms with Gasteiger partial charge in [0.1, 0.15) is 5.75 Å². The summed E-state index contributed by atoms with van der Waals surface area (Å²) in [4.78, 5) is 18.9. The van der Waals surface area contributed by atoms with Crippen LogP contribution in [0.25, 0.3) is 15.1 Å². The van der Waals surface area contributed by atoms with E-state index in [0.29, 0.717) is 22.1 Å². The minimum atomic E-state index is -6.00. The van der Waals surface area contributed by atoms with Crippen LogP contribution in [-0.4, -0.2) is 18.1 Å². The number of nitrogens with two attached hydrogens (primary N) is 1. The summed E-state index contributed by atoms with van der Waals surface area (Å²) in [5.41, 5.74) is 5.72. The zero-order valence-electron chi connectivity index (χ0n) is 12.8. The number of nitrogens with zero attached hydrogens (tertiary/aromatic N) is 3. The number of amides is 1. The van der Waals surface area contributed by atoms with Crippen molar-refractivity contribution >= 4 is 40.3 Å². The number of hydrogen-bond acceptors (Lipinski definition) is 5. The summed E-state index contributed by atoms with van der Waals surface area (Å²) in [7, 11) is -6.00. The van der Waals surface area contributed by atoms with Crippen molar-refractivity contribution in [3.63, 3.8) is 0 Å². The van der Waals surface area contributed by atoms with Crippen LogP contribution < -0.4 is 10.5 Å². The van der Waals surface area contributed by atoms with Crippen LogP contribution in [0.2, 0.25) is 0 Å². The molecule has 2 heterocycles. The van der Waals surface area contributed by atoms with E-state index in [1.165, 1.54) is 11.3 Å². The Morgan fingerprint density at radius 2 is 1.81 bits per heavy atom. The zero-order valence-corrected chi connectivity index (χ0v) is 13.6. The van der Waals surface area contributed by atoms with E-state index in [4.69, 9.17) is 15.9 Å². The lowest BCUT2D eigenvalue weighted by molar-refractivity contribution is 0.100. The van der Waals surface area contributed by atoms with Crippen LogP contribution in [0.15, 0.2) is 42.7 Å². The highest BCUT2D eigenvalue weighted by molar-refractivity contribution is 7.20. The molecule has 0 aliphatic rings. The van der Waals surface area contributed by atoms with Gasteiger partial charge in [-0.15, -0.1) is 11.3 Å². The average Bonchev–Trinajstić information content (AvgIpc) is 3.00. The van der Waals surface area contributed by atoms with Gasteiger partial charge in [0, 0.05) is 23.7 Å². The van der Waals surface area contributed by atoms with Crippen LogP contribution in [0.5, 0.6) is 11.5 Å². The lowest BCUT2D eigenvalue weighted by Gasteiger charge is -2.05. The van der Waals surface area contributed by atoms with E-state index >= 15 is 0 Å². The molecule has 0 saturated heterocycles. The Hall–Kier alpha value is -3.20. The lowest BCUT2D eigenvalue weighted by Crippen LogP contribution is -2.08. The number of ether oxygens (including phenoxy) is 1. The van der Waals surface area contributed by atoms with Gasteiger partial charge in [0.05, 0.1) is 15.8 Å². The van der Waals surface area contributed by atoms with Crippen molar-refractivity contribution in [3.8, 4) is 11.5 Å². The standard InChI is InChI=1S/C14H8N4O2S.BF4/c15-14(19)12-5-10-11(6-17-7-13(10)21-12)20-9-3-1-8(18-16)2-4-9;2-1(3,4)5/h1-7H,(H-,15,19);/q;-1/p+1. The quantitative estimate of drug-likeness (QED) is 0.392. The van der Waals surface area contributed by atoms with Crippen molar-refractivity contribution in [1.82, 2.24) is 4.98 Å². The molecular formula is C14H9BF4N4O2S. The molecule has 0 atom stereocenters. The predicted octanol–water partition coefficient (Wildman–Crippen LogP) is 4.97. The van der Waals surface area contributed by atoms with Gasteiger partial charge in [-0.1, -0.05) is 0 Å². The number of carbonyl (C=O) groups excluding carboxylic acids is 1.